The first kappa shape index (κ1) is 9.21. The average molecular weight is 204 g/mol. The van der Waals surface area contributed by atoms with Crippen molar-refractivity contribution in [1.29, 1.82) is 5.26 Å². The monoisotopic (exact) mass is 204 g/mol. The number of nitrogens with zero attached hydrogens (tertiary/aromatic N) is 1. The summed E-state index contributed by atoms with van der Waals surface area (Å²) in [6, 6.07) is 2.14. The Morgan fingerprint density at radius 1 is 1.33 bits per heavy atom. The number of carbonyl (C=O) groups excluding carboxylic acids is 1. The van der Waals surface area contributed by atoms with Gasteiger partial charge in [0.2, 0.25) is 5.91 Å². The van der Waals surface area contributed by atoms with Gasteiger partial charge >= 0.3 is 0 Å². The van der Waals surface area contributed by atoms with E-state index in [-0.39, 0.29) is 5.91 Å². The molecule has 1 N–H and O–H groups in total. The maximum atomic E-state index is 11.7. The molecule has 0 spiro atoms. The van der Waals surface area contributed by atoms with Gasteiger partial charge in [0.05, 0.1) is 6.07 Å². The van der Waals surface area contributed by atoms with Gasteiger partial charge in [0, 0.05) is 6.54 Å². The summed E-state index contributed by atoms with van der Waals surface area (Å²) >= 11 is 0. The molecule has 0 aliphatic heterocycles. The molecule has 3 heteroatoms. The van der Waals surface area contributed by atoms with Crippen LogP contribution in [-0.2, 0) is 4.79 Å². The van der Waals surface area contributed by atoms with Crippen LogP contribution in [0.15, 0.2) is 0 Å². The van der Waals surface area contributed by atoms with Crippen molar-refractivity contribution in [2.24, 2.45) is 16.7 Å². The summed E-state index contributed by atoms with van der Waals surface area (Å²) in [7, 11) is 0. The zero-order valence-electron chi connectivity index (χ0n) is 8.88. The van der Waals surface area contributed by atoms with Crippen LogP contribution in [0.1, 0.15) is 38.5 Å². The third-order valence-corrected chi connectivity index (χ3v) is 4.34. The van der Waals surface area contributed by atoms with Crippen LogP contribution in [0, 0.1) is 28.1 Å². The summed E-state index contributed by atoms with van der Waals surface area (Å²) in [6.45, 7) is 0.819. The van der Waals surface area contributed by atoms with Crippen molar-refractivity contribution in [1.82, 2.24) is 5.32 Å². The second kappa shape index (κ2) is 2.75. The molecule has 3 rings (SSSR count). The van der Waals surface area contributed by atoms with Crippen molar-refractivity contribution >= 4 is 5.91 Å². The highest BCUT2D eigenvalue weighted by molar-refractivity contribution is 5.88. The van der Waals surface area contributed by atoms with Gasteiger partial charge < -0.3 is 5.32 Å². The first-order valence-electron chi connectivity index (χ1n) is 5.90. The lowest BCUT2D eigenvalue weighted by Crippen LogP contribution is -2.36. The molecular formula is C12H16N2O. The molecule has 0 aromatic rings. The fourth-order valence-corrected chi connectivity index (χ4v) is 2.53. The number of amides is 1. The Morgan fingerprint density at radius 3 is 2.40 bits per heavy atom. The molecule has 1 amide bonds. The minimum Gasteiger partial charge on any atom is -0.354 e. The van der Waals surface area contributed by atoms with Crippen LogP contribution in [0.2, 0.25) is 0 Å². The number of nitriles is 1. The van der Waals surface area contributed by atoms with Crippen LogP contribution in [-0.4, -0.2) is 12.5 Å². The molecule has 0 saturated heterocycles. The van der Waals surface area contributed by atoms with E-state index in [4.69, 9.17) is 5.26 Å². The highest BCUT2D eigenvalue weighted by atomic mass is 16.2. The van der Waals surface area contributed by atoms with Crippen molar-refractivity contribution in [3.63, 3.8) is 0 Å². The zero-order chi connectivity index (χ0) is 10.5. The second-order valence-electron chi connectivity index (χ2n) is 5.51. The van der Waals surface area contributed by atoms with Crippen molar-refractivity contribution in [3.8, 4) is 6.07 Å². The van der Waals surface area contributed by atoms with Crippen LogP contribution in [0.5, 0.6) is 0 Å². The number of hydrogen-bond acceptors (Lipinski definition) is 2. The smallest absolute Gasteiger partial charge is 0.240 e. The van der Waals surface area contributed by atoms with E-state index in [9.17, 15) is 4.79 Å². The molecule has 3 aliphatic rings. The molecule has 0 aromatic heterocycles. The highest BCUT2D eigenvalue weighted by Gasteiger charge is 2.55. The third-order valence-electron chi connectivity index (χ3n) is 4.34. The Hall–Kier alpha value is -1.04. The summed E-state index contributed by atoms with van der Waals surface area (Å²) in [4.78, 5) is 11.7. The summed E-state index contributed by atoms with van der Waals surface area (Å²) in [6.07, 6.45) is 6.76. The SMILES string of the molecule is N#CC1(C(=O)NCC2(C3CC3)CC2)CC1. The third kappa shape index (κ3) is 1.43. The topological polar surface area (TPSA) is 52.9 Å². The Bertz CT molecular complexity index is 343. The minimum atomic E-state index is -0.639. The standard InChI is InChI=1S/C12H16N2O/c13-7-11(3-4-11)10(15)14-8-12(5-6-12)9-1-2-9/h9H,1-6,8H2,(H,14,15). The molecule has 0 aromatic carbocycles. The van der Waals surface area contributed by atoms with E-state index >= 15 is 0 Å². The molecule has 3 fully saturated rings. The molecule has 0 heterocycles. The molecule has 15 heavy (non-hydrogen) atoms. The zero-order valence-corrected chi connectivity index (χ0v) is 8.88. The average Bonchev–Trinajstić information content (AvgIpc) is 3.15. The molecular weight excluding hydrogens is 188 g/mol. The van der Waals surface area contributed by atoms with E-state index in [1.165, 1.54) is 25.7 Å². The van der Waals surface area contributed by atoms with Gasteiger partial charge in [-0.25, -0.2) is 0 Å². The van der Waals surface area contributed by atoms with E-state index in [2.05, 4.69) is 11.4 Å². The van der Waals surface area contributed by atoms with Gasteiger partial charge in [-0.15, -0.1) is 0 Å². The Kier molecular flexibility index (Phi) is 1.69. The summed E-state index contributed by atoms with van der Waals surface area (Å²) in [5.41, 5.74) is -0.194. The Balaban J connectivity index is 1.54. The van der Waals surface area contributed by atoms with E-state index in [1.807, 2.05) is 0 Å². The second-order valence-corrected chi connectivity index (χ2v) is 5.51. The lowest BCUT2D eigenvalue weighted by molar-refractivity contribution is -0.124. The maximum Gasteiger partial charge on any atom is 0.240 e. The normalized spacial score (nSPS) is 29.0. The van der Waals surface area contributed by atoms with Gasteiger partial charge in [-0.05, 0) is 49.9 Å². The van der Waals surface area contributed by atoms with E-state index in [0.29, 0.717) is 5.41 Å². The molecule has 0 atom stereocenters. The number of hydrogen-bond donors (Lipinski definition) is 1. The fraction of sp³-hybridized carbons (Fsp3) is 0.833. The molecule has 0 radical (unpaired) electrons. The van der Waals surface area contributed by atoms with Crippen molar-refractivity contribution < 1.29 is 4.79 Å². The molecule has 3 aliphatic carbocycles. The van der Waals surface area contributed by atoms with Crippen molar-refractivity contribution in [2.45, 2.75) is 38.5 Å². The summed E-state index contributed by atoms with van der Waals surface area (Å²) in [5, 5.41) is 11.9. The van der Waals surface area contributed by atoms with Gasteiger partial charge in [0.25, 0.3) is 0 Å². The molecule has 0 bridgehead atoms. The number of nitrogens with one attached hydrogen (secondary N) is 1. The van der Waals surface area contributed by atoms with Gasteiger partial charge in [-0.2, -0.15) is 5.26 Å². The van der Waals surface area contributed by atoms with E-state index in [1.54, 1.807) is 0 Å². The Morgan fingerprint density at radius 2 is 2.00 bits per heavy atom. The van der Waals surface area contributed by atoms with Gasteiger partial charge in [0.1, 0.15) is 5.41 Å². The van der Waals surface area contributed by atoms with Crippen LogP contribution in [0.25, 0.3) is 0 Å². The van der Waals surface area contributed by atoms with E-state index < -0.39 is 5.41 Å². The maximum absolute atomic E-state index is 11.7. The molecule has 3 saturated carbocycles. The molecule has 0 unspecified atom stereocenters. The van der Waals surface area contributed by atoms with Crippen LogP contribution in [0.4, 0.5) is 0 Å². The largest absolute Gasteiger partial charge is 0.354 e. The number of rotatable bonds is 4. The van der Waals surface area contributed by atoms with Crippen molar-refractivity contribution in [3.05, 3.63) is 0 Å². The fourth-order valence-electron chi connectivity index (χ4n) is 2.53. The van der Waals surface area contributed by atoms with Crippen molar-refractivity contribution in [2.75, 3.05) is 6.54 Å². The first-order chi connectivity index (χ1) is 7.21. The molecule has 80 valence electrons. The Labute approximate surface area is 89.8 Å². The predicted octanol–water partition coefficient (Wildman–Crippen LogP) is 1.60. The summed E-state index contributed by atoms with van der Waals surface area (Å²) < 4.78 is 0. The van der Waals surface area contributed by atoms with Gasteiger partial charge in [-0.3, -0.25) is 4.79 Å². The van der Waals surface area contributed by atoms with Crippen LogP contribution in [0.3, 0.4) is 0 Å². The lowest BCUT2D eigenvalue weighted by atomic mass is 10.00. The van der Waals surface area contributed by atoms with Crippen LogP contribution < -0.4 is 5.32 Å². The molecule has 3 nitrogen and oxygen atoms in total. The first-order valence-corrected chi connectivity index (χ1v) is 5.90. The highest BCUT2D eigenvalue weighted by Crippen LogP contribution is 2.61. The number of carbonyl (C=O) groups is 1. The predicted molar refractivity (Wildman–Crippen MR) is 54.7 cm³/mol. The minimum absolute atomic E-state index is 0.0167. The quantitative estimate of drug-likeness (QED) is 0.756. The van der Waals surface area contributed by atoms with Crippen LogP contribution >= 0.6 is 0 Å². The van der Waals surface area contributed by atoms with Gasteiger partial charge in [0.15, 0.2) is 0 Å². The van der Waals surface area contributed by atoms with E-state index in [0.717, 1.165) is 25.3 Å². The van der Waals surface area contributed by atoms with Gasteiger partial charge in [-0.1, -0.05) is 0 Å². The summed E-state index contributed by atoms with van der Waals surface area (Å²) in [5.74, 6) is 0.854. The lowest BCUT2D eigenvalue weighted by Gasteiger charge is -2.16.